The average Bonchev–Trinajstić information content (AvgIpc) is 2.70. The standard InChI is InChI=1S/C20H23FN2O4S/c1-27-18-7-4-6-17(13-18)22-20(24)15-9-11-23(12-10-15)28(25,26)14-16-5-2-3-8-19(16)21/h2-8,13,15H,9-12,14H2,1H3,(H,22,24). The molecule has 1 fully saturated rings. The molecule has 0 spiro atoms. The Hall–Kier alpha value is -2.45. The maximum Gasteiger partial charge on any atom is 0.227 e. The van der Waals surface area contributed by atoms with Crippen molar-refractivity contribution in [2.45, 2.75) is 18.6 Å². The number of methoxy groups -OCH3 is 1. The largest absolute Gasteiger partial charge is 0.497 e. The molecule has 0 atom stereocenters. The summed E-state index contributed by atoms with van der Waals surface area (Å²) in [6.45, 7) is 0.486. The molecule has 150 valence electrons. The molecule has 0 radical (unpaired) electrons. The fourth-order valence-electron chi connectivity index (χ4n) is 3.24. The highest BCUT2D eigenvalue weighted by Crippen LogP contribution is 2.24. The Bertz CT molecular complexity index is 941. The van der Waals surface area contributed by atoms with E-state index in [2.05, 4.69) is 5.32 Å². The Labute approximate surface area is 164 Å². The lowest BCUT2D eigenvalue weighted by atomic mass is 9.97. The molecule has 0 saturated carbocycles. The summed E-state index contributed by atoms with van der Waals surface area (Å²) in [5, 5.41) is 2.85. The molecule has 2 aromatic rings. The van der Waals surface area contributed by atoms with Gasteiger partial charge in [-0.2, -0.15) is 0 Å². The van der Waals surface area contributed by atoms with E-state index in [-0.39, 0.29) is 36.2 Å². The van der Waals surface area contributed by atoms with Crippen molar-refractivity contribution >= 4 is 21.6 Å². The highest BCUT2D eigenvalue weighted by Gasteiger charge is 2.31. The molecule has 0 aliphatic carbocycles. The number of anilines is 1. The van der Waals surface area contributed by atoms with Crippen LogP contribution in [0.3, 0.4) is 0 Å². The Morgan fingerprint density at radius 1 is 1.18 bits per heavy atom. The molecule has 1 N–H and O–H groups in total. The molecule has 8 heteroatoms. The minimum Gasteiger partial charge on any atom is -0.497 e. The number of ether oxygens (including phenoxy) is 1. The Balaban J connectivity index is 1.57. The number of rotatable bonds is 6. The number of sulfonamides is 1. The molecule has 1 saturated heterocycles. The lowest BCUT2D eigenvalue weighted by Gasteiger charge is -2.30. The molecule has 1 heterocycles. The number of nitrogens with zero attached hydrogens (tertiary/aromatic N) is 1. The number of nitrogens with one attached hydrogen (secondary N) is 1. The zero-order chi connectivity index (χ0) is 20.1. The zero-order valence-electron chi connectivity index (χ0n) is 15.6. The number of amides is 1. The summed E-state index contributed by atoms with van der Waals surface area (Å²) in [4.78, 5) is 12.5. The SMILES string of the molecule is COc1cccc(NC(=O)C2CCN(S(=O)(=O)Cc3ccccc3F)CC2)c1. The van der Waals surface area contributed by atoms with E-state index >= 15 is 0 Å². The summed E-state index contributed by atoms with van der Waals surface area (Å²) >= 11 is 0. The van der Waals surface area contributed by atoms with E-state index in [1.807, 2.05) is 0 Å². The minimum absolute atomic E-state index is 0.139. The smallest absolute Gasteiger partial charge is 0.227 e. The Morgan fingerprint density at radius 3 is 2.57 bits per heavy atom. The van der Waals surface area contributed by atoms with Crippen molar-refractivity contribution in [2.24, 2.45) is 5.92 Å². The molecule has 6 nitrogen and oxygen atoms in total. The third kappa shape index (κ3) is 4.88. The van der Waals surface area contributed by atoms with Gasteiger partial charge in [0.15, 0.2) is 0 Å². The van der Waals surface area contributed by atoms with Gasteiger partial charge in [-0.25, -0.2) is 17.1 Å². The molecule has 1 amide bonds. The van der Waals surface area contributed by atoms with E-state index in [1.165, 1.54) is 22.5 Å². The summed E-state index contributed by atoms with van der Waals surface area (Å²) in [5.74, 6) is -0.670. The number of halogens is 1. The van der Waals surface area contributed by atoms with E-state index in [0.717, 1.165) is 0 Å². The molecular weight excluding hydrogens is 383 g/mol. The first-order valence-electron chi connectivity index (χ1n) is 9.05. The third-order valence-electron chi connectivity index (χ3n) is 4.85. The van der Waals surface area contributed by atoms with Crippen LogP contribution >= 0.6 is 0 Å². The first kappa shape index (κ1) is 20.3. The van der Waals surface area contributed by atoms with Gasteiger partial charge in [-0.05, 0) is 31.0 Å². The van der Waals surface area contributed by atoms with Crippen LogP contribution in [0.15, 0.2) is 48.5 Å². The molecular formula is C20H23FN2O4S. The van der Waals surface area contributed by atoms with Crippen LogP contribution < -0.4 is 10.1 Å². The number of hydrogen-bond acceptors (Lipinski definition) is 4. The van der Waals surface area contributed by atoms with Crippen molar-refractivity contribution < 1.29 is 22.3 Å². The summed E-state index contributed by atoms with van der Waals surface area (Å²) < 4.78 is 45.4. The van der Waals surface area contributed by atoms with E-state index in [9.17, 15) is 17.6 Å². The highest BCUT2D eigenvalue weighted by atomic mass is 32.2. The predicted octanol–water partition coefficient (Wildman–Crippen LogP) is 3.01. The van der Waals surface area contributed by atoms with E-state index in [1.54, 1.807) is 37.4 Å². The van der Waals surface area contributed by atoms with Gasteiger partial charge in [0, 0.05) is 36.3 Å². The normalized spacial score (nSPS) is 15.9. The average molecular weight is 406 g/mol. The number of carbonyl (C=O) groups is 1. The fraction of sp³-hybridized carbons (Fsp3) is 0.350. The van der Waals surface area contributed by atoms with Crippen LogP contribution in [0.1, 0.15) is 18.4 Å². The zero-order valence-corrected chi connectivity index (χ0v) is 16.4. The molecule has 28 heavy (non-hydrogen) atoms. The van der Waals surface area contributed by atoms with Gasteiger partial charge < -0.3 is 10.1 Å². The first-order chi connectivity index (χ1) is 13.4. The maximum atomic E-state index is 13.8. The van der Waals surface area contributed by atoms with Gasteiger partial charge in [0.1, 0.15) is 11.6 Å². The van der Waals surface area contributed by atoms with E-state index < -0.39 is 15.8 Å². The topological polar surface area (TPSA) is 75.7 Å². The molecule has 0 unspecified atom stereocenters. The number of piperidine rings is 1. The van der Waals surface area contributed by atoms with Gasteiger partial charge >= 0.3 is 0 Å². The molecule has 1 aliphatic rings. The van der Waals surface area contributed by atoms with Crippen molar-refractivity contribution in [3.05, 3.63) is 59.9 Å². The monoisotopic (exact) mass is 406 g/mol. The summed E-state index contributed by atoms with van der Waals surface area (Å²) in [7, 11) is -2.08. The quantitative estimate of drug-likeness (QED) is 0.800. The van der Waals surface area contributed by atoms with Gasteiger partial charge in [-0.15, -0.1) is 0 Å². The van der Waals surface area contributed by atoms with Crippen molar-refractivity contribution in [1.82, 2.24) is 4.31 Å². The van der Waals surface area contributed by atoms with Crippen LogP contribution in [-0.4, -0.2) is 38.8 Å². The molecule has 0 aromatic heterocycles. The van der Waals surface area contributed by atoms with Crippen LogP contribution in [0.5, 0.6) is 5.75 Å². The summed E-state index contributed by atoms with van der Waals surface area (Å²) in [6, 6.07) is 12.9. The molecule has 1 aliphatic heterocycles. The number of hydrogen-bond donors (Lipinski definition) is 1. The minimum atomic E-state index is -3.63. The van der Waals surface area contributed by atoms with Crippen LogP contribution in [0, 0.1) is 11.7 Å². The van der Waals surface area contributed by atoms with Gasteiger partial charge in [0.05, 0.1) is 12.9 Å². The molecule has 2 aromatic carbocycles. The third-order valence-corrected chi connectivity index (χ3v) is 6.68. The first-order valence-corrected chi connectivity index (χ1v) is 10.7. The van der Waals surface area contributed by atoms with E-state index in [4.69, 9.17) is 4.74 Å². The lowest BCUT2D eigenvalue weighted by molar-refractivity contribution is -0.120. The summed E-state index contributed by atoms with van der Waals surface area (Å²) in [6.07, 6.45) is 0.846. The maximum absolute atomic E-state index is 13.8. The van der Waals surface area contributed by atoms with Crippen molar-refractivity contribution in [3.63, 3.8) is 0 Å². The second kappa shape index (κ2) is 8.70. The van der Waals surface area contributed by atoms with Crippen molar-refractivity contribution in [1.29, 1.82) is 0 Å². The van der Waals surface area contributed by atoms with E-state index in [0.29, 0.717) is 24.3 Å². The van der Waals surface area contributed by atoms with Crippen molar-refractivity contribution in [2.75, 3.05) is 25.5 Å². The van der Waals surface area contributed by atoms with Crippen LogP contribution in [0.4, 0.5) is 10.1 Å². The van der Waals surface area contributed by atoms with Crippen LogP contribution in [0.2, 0.25) is 0 Å². The van der Waals surface area contributed by atoms with Crippen LogP contribution in [-0.2, 0) is 20.6 Å². The fourth-order valence-corrected chi connectivity index (χ4v) is 4.82. The highest BCUT2D eigenvalue weighted by molar-refractivity contribution is 7.88. The van der Waals surface area contributed by atoms with Gasteiger partial charge in [-0.3, -0.25) is 4.79 Å². The lowest BCUT2D eigenvalue weighted by Crippen LogP contribution is -2.42. The van der Waals surface area contributed by atoms with Crippen LogP contribution in [0.25, 0.3) is 0 Å². The van der Waals surface area contributed by atoms with Gasteiger partial charge in [0.25, 0.3) is 0 Å². The van der Waals surface area contributed by atoms with Crippen molar-refractivity contribution in [3.8, 4) is 5.75 Å². The predicted molar refractivity (Wildman–Crippen MR) is 105 cm³/mol. The molecule has 0 bridgehead atoms. The Kier molecular flexibility index (Phi) is 6.31. The number of carbonyl (C=O) groups excluding carboxylic acids is 1. The summed E-state index contributed by atoms with van der Waals surface area (Å²) in [5.41, 5.74) is 0.791. The van der Waals surface area contributed by atoms with Gasteiger partial charge in [-0.1, -0.05) is 24.3 Å². The second-order valence-electron chi connectivity index (χ2n) is 6.74. The Morgan fingerprint density at radius 2 is 1.89 bits per heavy atom. The van der Waals surface area contributed by atoms with Gasteiger partial charge in [0.2, 0.25) is 15.9 Å². The number of benzene rings is 2. The molecule has 3 rings (SSSR count). The second-order valence-corrected chi connectivity index (χ2v) is 8.71.